The lowest BCUT2D eigenvalue weighted by Crippen LogP contribution is -3.27. The molecule has 0 spiro atoms. The number of rotatable bonds is 4. The van der Waals surface area contributed by atoms with E-state index in [4.69, 9.17) is 4.98 Å². The lowest BCUT2D eigenvalue weighted by molar-refractivity contribution is -1.03. The predicted octanol–water partition coefficient (Wildman–Crippen LogP) is 0.276. The molecule has 1 saturated heterocycles. The van der Waals surface area contributed by atoms with Gasteiger partial charge in [-0.2, -0.15) is 0 Å². The highest BCUT2D eigenvalue weighted by Gasteiger charge is 2.29. The molecule has 140 valence electrons. The summed E-state index contributed by atoms with van der Waals surface area (Å²) < 4.78 is 0. The van der Waals surface area contributed by atoms with Crippen LogP contribution < -0.4 is 15.4 Å². The maximum absolute atomic E-state index is 12.4. The van der Waals surface area contributed by atoms with E-state index in [1.165, 1.54) is 16.0 Å². The Bertz CT molecular complexity index is 989. The van der Waals surface area contributed by atoms with Crippen molar-refractivity contribution in [1.29, 1.82) is 0 Å². The van der Waals surface area contributed by atoms with Crippen LogP contribution in [0.5, 0.6) is 0 Å². The molecule has 0 amide bonds. The summed E-state index contributed by atoms with van der Waals surface area (Å²) in [6.45, 7) is 9.95. The Morgan fingerprint density at radius 2 is 1.74 bits per heavy atom. The van der Waals surface area contributed by atoms with Crippen molar-refractivity contribution in [2.45, 2.75) is 26.4 Å². The zero-order valence-corrected chi connectivity index (χ0v) is 16.1. The molecular weight excluding hydrogens is 336 g/mol. The third-order valence-corrected chi connectivity index (χ3v) is 5.95. The second-order valence-electron chi connectivity index (χ2n) is 7.70. The summed E-state index contributed by atoms with van der Waals surface area (Å²) in [5.74, 6) is 0.802. The van der Waals surface area contributed by atoms with Crippen LogP contribution >= 0.6 is 0 Å². The van der Waals surface area contributed by atoms with Crippen LogP contribution in [0, 0.1) is 6.92 Å². The molecule has 5 heteroatoms. The summed E-state index contributed by atoms with van der Waals surface area (Å²) in [5.41, 5.74) is 3.58. The highest BCUT2D eigenvalue weighted by molar-refractivity contribution is 5.77. The Labute approximate surface area is 159 Å². The van der Waals surface area contributed by atoms with Gasteiger partial charge in [-0.15, -0.1) is 0 Å². The number of nitrogens with zero attached hydrogens (tertiary/aromatic N) is 1. The van der Waals surface area contributed by atoms with Gasteiger partial charge in [-0.25, -0.2) is 4.98 Å². The summed E-state index contributed by atoms with van der Waals surface area (Å²) in [6, 6.07) is 16.4. The topological polar surface area (TPSA) is 54.6 Å². The van der Waals surface area contributed by atoms with Crippen LogP contribution in [-0.4, -0.2) is 36.1 Å². The van der Waals surface area contributed by atoms with Crippen molar-refractivity contribution < 1.29 is 9.80 Å². The van der Waals surface area contributed by atoms with Crippen LogP contribution in [0.4, 0.5) is 0 Å². The van der Waals surface area contributed by atoms with Crippen LogP contribution in [0.2, 0.25) is 0 Å². The first-order chi connectivity index (χ1) is 13.1. The van der Waals surface area contributed by atoms with Gasteiger partial charge in [0.05, 0.1) is 10.9 Å². The lowest BCUT2D eigenvalue weighted by Gasteiger charge is -2.33. The van der Waals surface area contributed by atoms with E-state index in [9.17, 15) is 4.79 Å². The van der Waals surface area contributed by atoms with Gasteiger partial charge in [-0.3, -0.25) is 4.79 Å². The number of hydrogen-bond acceptors (Lipinski definition) is 2. The van der Waals surface area contributed by atoms with Crippen LogP contribution in [0.25, 0.3) is 10.9 Å². The summed E-state index contributed by atoms with van der Waals surface area (Å²) in [6.07, 6.45) is 0. The van der Waals surface area contributed by atoms with E-state index in [1.54, 1.807) is 4.90 Å². The molecule has 1 fully saturated rings. The fourth-order valence-electron chi connectivity index (χ4n) is 4.12. The van der Waals surface area contributed by atoms with Gasteiger partial charge in [0.1, 0.15) is 38.8 Å². The van der Waals surface area contributed by atoms with Crippen molar-refractivity contribution in [3.05, 3.63) is 75.8 Å². The van der Waals surface area contributed by atoms with Crippen molar-refractivity contribution >= 4 is 10.9 Å². The van der Waals surface area contributed by atoms with Gasteiger partial charge in [0, 0.05) is 5.56 Å². The Balaban J connectivity index is 1.44. The van der Waals surface area contributed by atoms with Crippen molar-refractivity contribution in [3.63, 3.8) is 0 Å². The molecule has 3 aromatic rings. The molecule has 1 atom stereocenters. The monoisotopic (exact) mass is 364 g/mol. The quantitative estimate of drug-likeness (QED) is 0.623. The minimum absolute atomic E-state index is 0.0364. The summed E-state index contributed by atoms with van der Waals surface area (Å²) in [7, 11) is 0. The third kappa shape index (κ3) is 3.80. The fraction of sp³-hybridized carbons (Fsp3) is 0.364. The van der Waals surface area contributed by atoms with Gasteiger partial charge in [-0.1, -0.05) is 36.4 Å². The Kier molecular flexibility index (Phi) is 5.05. The van der Waals surface area contributed by atoms with Crippen LogP contribution in [-0.2, 0) is 6.54 Å². The molecule has 27 heavy (non-hydrogen) atoms. The number of piperazine rings is 1. The highest BCUT2D eigenvalue weighted by Crippen LogP contribution is 2.09. The molecule has 0 radical (unpaired) electrons. The lowest BCUT2D eigenvalue weighted by atomic mass is 10.1. The van der Waals surface area contributed by atoms with Crippen LogP contribution in [0.1, 0.15) is 29.9 Å². The molecule has 1 aromatic heterocycles. The molecule has 0 aliphatic carbocycles. The van der Waals surface area contributed by atoms with Crippen molar-refractivity contribution in [2.75, 3.05) is 26.2 Å². The third-order valence-electron chi connectivity index (χ3n) is 5.95. The smallest absolute Gasteiger partial charge is 0.258 e. The van der Waals surface area contributed by atoms with E-state index < -0.39 is 0 Å². The molecule has 2 heterocycles. The molecule has 2 aromatic carbocycles. The number of nitrogens with one attached hydrogen (secondary N) is 3. The van der Waals surface area contributed by atoms with Crippen molar-refractivity contribution in [1.82, 2.24) is 9.97 Å². The number of quaternary nitrogens is 2. The summed E-state index contributed by atoms with van der Waals surface area (Å²) >= 11 is 0. The molecule has 0 unspecified atom stereocenters. The second kappa shape index (κ2) is 7.62. The standard InChI is InChI=1S/C22H26N4O/c1-16-7-3-4-8-18(16)15-25-11-13-26(14-12-25)17(2)21-23-20-10-6-5-9-19(20)22(27)24-21/h3-10,17H,11-15H2,1-2H3,(H,23,24,27)/p+2/t17-/m1/s1. The van der Waals surface area contributed by atoms with E-state index >= 15 is 0 Å². The maximum atomic E-state index is 12.4. The Morgan fingerprint density at radius 1 is 1.04 bits per heavy atom. The van der Waals surface area contributed by atoms with Gasteiger partial charge >= 0.3 is 0 Å². The number of para-hydroxylation sites is 1. The Morgan fingerprint density at radius 3 is 2.52 bits per heavy atom. The summed E-state index contributed by atoms with van der Waals surface area (Å²) in [5, 5.41) is 0.663. The molecule has 1 aliphatic rings. The van der Waals surface area contributed by atoms with Gasteiger partial charge in [-0.05, 0) is 31.5 Å². The number of hydrogen-bond donors (Lipinski definition) is 3. The Hall–Kier alpha value is -2.50. The molecular formula is C22H28N4O+2. The minimum Gasteiger partial charge on any atom is -0.322 e. The van der Waals surface area contributed by atoms with E-state index in [0.717, 1.165) is 44.1 Å². The molecule has 4 rings (SSSR count). The van der Waals surface area contributed by atoms with Crippen LogP contribution in [0.3, 0.4) is 0 Å². The van der Waals surface area contributed by atoms with Gasteiger partial charge in [0.25, 0.3) is 5.56 Å². The highest BCUT2D eigenvalue weighted by atomic mass is 16.1. The molecule has 5 nitrogen and oxygen atoms in total. The van der Waals surface area contributed by atoms with Gasteiger partial charge in [0.15, 0.2) is 5.82 Å². The molecule has 0 bridgehead atoms. The zero-order chi connectivity index (χ0) is 18.8. The van der Waals surface area contributed by atoms with E-state index in [-0.39, 0.29) is 11.6 Å². The average Bonchev–Trinajstić information content (AvgIpc) is 2.70. The minimum atomic E-state index is -0.0364. The molecule has 3 N–H and O–H groups in total. The SMILES string of the molecule is Cc1ccccc1C[NH+]1CC[NH+]([C@H](C)c2nc3ccccc3c(=O)[nH]2)CC1. The number of aryl methyl sites for hydroxylation is 1. The number of benzene rings is 2. The normalized spacial score (nSPS) is 21.3. The maximum Gasteiger partial charge on any atom is 0.258 e. The molecule has 0 saturated carbocycles. The first kappa shape index (κ1) is 17.9. The predicted molar refractivity (Wildman–Crippen MR) is 107 cm³/mol. The number of fused-ring (bicyclic) bond motifs is 1. The fourth-order valence-corrected chi connectivity index (χ4v) is 4.12. The number of H-pyrrole nitrogens is 1. The van der Waals surface area contributed by atoms with Gasteiger partial charge < -0.3 is 14.8 Å². The second-order valence-corrected chi connectivity index (χ2v) is 7.70. The average molecular weight is 364 g/mol. The first-order valence-electron chi connectivity index (χ1n) is 9.83. The number of aromatic amines is 1. The van der Waals surface area contributed by atoms with E-state index in [0.29, 0.717) is 5.39 Å². The zero-order valence-electron chi connectivity index (χ0n) is 16.1. The summed E-state index contributed by atoms with van der Waals surface area (Å²) in [4.78, 5) is 23.2. The van der Waals surface area contributed by atoms with Crippen LogP contribution in [0.15, 0.2) is 53.3 Å². The number of aromatic nitrogens is 2. The first-order valence-corrected chi connectivity index (χ1v) is 9.83. The van der Waals surface area contributed by atoms with Crippen molar-refractivity contribution in [3.8, 4) is 0 Å². The van der Waals surface area contributed by atoms with E-state index in [1.807, 2.05) is 24.3 Å². The van der Waals surface area contributed by atoms with Crippen molar-refractivity contribution in [2.24, 2.45) is 0 Å². The largest absolute Gasteiger partial charge is 0.322 e. The van der Waals surface area contributed by atoms with E-state index in [2.05, 4.69) is 43.1 Å². The molecule has 1 aliphatic heterocycles. The van der Waals surface area contributed by atoms with Gasteiger partial charge in [0.2, 0.25) is 0 Å².